The summed E-state index contributed by atoms with van der Waals surface area (Å²) in [5, 5.41) is 0. The van der Waals surface area contributed by atoms with Crippen molar-refractivity contribution in [3.8, 4) is 0 Å². The van der Waals surface area contributed by atoms with Crippen molar-refractivity contribution >= 4 is 18.5 Å². The third-order valence-corrected chi connectivity index (χ3v) is 5.23. The molecule has 3 unspecified atom stereocenters. The van der Waals surface area contributed by atoms with Crippen LogP contribution < -0.4 is 0 Å². The normalized spacial score (nSPS) is 20.7. The Bertz CT molecular complexity index is 720. The summed E-state index contributed by atoms with van der Waals surface area (Å²) in [5.74, 6) is -0.561. The third-order valence-electron chi connectivity index (χ3n) is 5.23. The Labute approximate surface area is 205 Å². The van der Waals surface area contributed by atoms with Crippen LogP contribution in [0.15, 0.2) is 30.3 Å². The van der Waals surface area contributed by atoms with E-state index in [4.69, 9.17) is 9.47 Å². The van der Waals surface area contributed by atoms with Gasteiger partial charge in [-0.15, -0.1) is 0 Å². The minimum atomic E-state index is -0.356. The van der Waals surface area contributed by atoms with Crippen molar-refractivity contribution < 1.29 is 28.6 Å². The molecule has 3 atom stereocenters. The molecule has 2 heterocycles. The largest absolute Gasteiger partial charge is 0.469 e. The Kier molecular flexibility index (Phi) is 14.9. The van der Waals surface area contributed by atoms with Gasteiger partial charge in [0.2, 0.25) is 0 Å². The van der Waals surface area contributed by atoms with Crippen LogP contribution in [0.3, 0.4) is 0 Å². The van der Waals surface area contributed by atoms with Gasteiger partial charge in [-0.1, -0.05) is 58.0 Å². The lowest BCUT2D eigenvalue weighted by Crippen LogP contribution is -2.40. The summed E-state index contributed by atoms with van der Waals surface area (Å²) in [6.45, 7) is 15.4. The first-order valence-corrected chi connectivity index (χ1v) is 12.0. The van der Waals surface area contributed by atoms with Gasteiger partial charge in [0.25, 0.3) is 6.47 Å². The highest BCUT2D eigenvalue weighted by molar-refractivity contribution is 5.77. The molecular weight excluding hydrogens is 436 g/mol. The Morgan fingerprint density at radius 1 is 1.09 bits per heavy atom. The van der Waals surface area contributed by atoms with Crippen molar-refractivity contribution in [3.05, 3.63) is 35.9 Å². The molecule has 1 aromatic rings. The molecule has 0 saturated carbocycles. The van der Waals surface area contributed by atoms with Gasteiger partial charge >= 0.3 is 12.1 Å². The van der Waals surface area contributed by atoms with Crippen molar-refractivity contribution in [3.63, 3.8) is 0 Å². The predicted molar refractivity (Wildman–Crippen MR) is 133 cm³/mol. The van der Waals surface area contributed by atoms with E-state index in [0.29, 0.717) is 13.0 Å². The highest BCUT2D eigenvalue weighted by Crippen LogP contribution is 2.35. The predicted octanol–water partition coefficient (Wildman–Crippen LogP) is 4.51. The smallest absolute Gasteiger partial charge is 0.410 e. The van der Waals surface area contributed by atoms with Crippen LogP contribution in [0, 0.1) is 5.92 Å². The van der Waals surface area contributed by atoms with Crippen LogP contribution >= 0.6 is 0 Å². The van der Waals surface area contributed by atoms with E-state index in [-0.39, 0.29) is 42.3 Å². The lowest BCUT2D eigenvalue weighted by molar-refractivity contribution is -0.146. The Balaban J connectivity index is 0.000000844. The van der Waals surface area contributed by atoms with Crippen LogP contribution in [0.1, 0.15) is 60.5 Å². The second-order valence-electron chi connectivity index (χ2n) is 8.48. The Hall–Kier alpha value is -2.61. The van der Waals surface area contributed by atoms with Gasteiger partial charge in [-0.05, 0) is 39.8 Å². The molecule has 8 nitrogen and oxygen atoms in total. The number of esters is 1. The minimum absolute atomic E-state index is 0.0201. The summed E-state index contributed by atoms with van der Waals surface area (Å²) in [5.41, 5.74) is 0.631. The van der Waals surface area contributed by atoms with Gasteiger partial charge in [0.15, 0.2) is 0 Å². The van der Waals surface area contributed by atoms with E-state index in [1.807, 2.05) is 85.8 Å². The number of hydrogen-bond donors (Lipinski definition) is 0. The van der Waals surface area contributed by atoms with Crippen molar-refractivity contribution in [1.29, 1.82) is 0 Å². The zero-order valence-electron chi connectivity index (χ0n) is 22.4. The van der Waals surface area contributed by atoms with Gasteiger partial charge in [-0.2, -0.15) is 0 Å². The maximum atomic E-state index is 12.5. The number of carbonyl (C=O) groups excluding carboxylic acids is 3. The van der Waals surface area contributed by atoms with E-state index >= 15 is 0 Å². The molecule has 2 aliphatic heterocycles. The molecule has 0 radical (unpaired) electrons. The average Bonchev–Trinajstić information content (AvgIpc) is 3.41. The van der Waals surface area contributed by atoms with E-state index in [9.17, 15) is 14.4 Å². The molecule has 2 fully saturated rings. The van der Waals surface area contributed by atoms with E-state index < -0.39 is 0 Å². The van der Waals surface area contributed by atoms with Crippen LogP contribution in [-0.4, -0.2) is 73.3 Å². The first-order valence-electron chi connectivity index (χ1n) is 12.0. The van der Waals surface area contributed by atoms with Crippen LogP contribution in [0.2, 0.25) is 0 Å². The van der Waals surface area contributed by atoms with Crippen molar-refractivity contribution in [1.82, 2.24) is 9.80 Å². The SMILES string of the molecule is CC.CC.CC(C)(C)OC=O.COC(=O)C1CN(C(=O)OCc2ccccc2)C2CCN(C)C12. The molecule has 2 aliphatic rings. The van der Waals surface area contributed by atoms with E-state index in [1.165, 1.54) is 7.11 Å². The summed E-state index contributed by atoms with van der Waals surface area (Å²) in [7, 11) is 3.38. The van der Waals surface area contributed by atoms with Crippen molar-refractivity contribution in [2.75, 3.05) is 27.2 Å². The molecule has 1 amide bonds. The molecule has 0 aliphatic carbocycles. The van der Waals surface area contributed by atoms with Crippen LogP contribution in [0.25, 0.3) is 0 Å². The molecule has 2 saturated heterocycles. The summed E-state index contributed by atoms with van der Waals surface area (Å²) >= 11 is 0. The molecule has 0 spiro atoms. The molecule has 8 heteroatoms. The van der Waals surface area contributed by atoms with Gasteiger partial charge in [-0.3, -0.25) is 9.59 Å². The number of ether oxygens (including phenoxy) is 3. The number of likely N-dealkylation sites (N-methyl/N-ethyl adjacent to an activating group) is 1. The van der Waals surface area contributed by atoms with E-state index in [2.05, 4.69) is 9.64 Å². The third kappa shape index (κ3) is 9.71. The van der Waals surface area contributed by atoms with Gasteiger partial charge in [0, 0.05) is 19.1 Å². The molecule has 194 valence electrons. The number of amides is 1. The van der Waals surface area contributed by atoms with E-state index in [1.54, 1.807) is 4.90 Å². The number of nitrogens with zero attached hydrogens (tertiary/aromatic N) is 2. The maximum Gasteiger partial charge on any atom is 0.410 e. The van der Waals surface area contributed by atoms with Gasteiger partial charge in [-0.25, -0.2) is 4.79 Å². The number of methoxy groups -OCH3 is 1. The molecule has 0 aromatic heterocycles. The topological polar surface area (TPSA) is 85.4 Å². The minimum Gasteiger partial charge on any atom is -0.469 e. The zero-order chi connectivity index (χ0) is 26.3. The molecule has 0 bridgehead atoms. The van der Waals surface area contributed by atoms with Crippen molar-refractivity contribution in [2.45, 2.75) is 79.2 Å². The fraction of sp³-hybridized carbons (Fsp3) is 0.654. The van der Waals surface area contributed by atoms with Crippen molar-refractivity contribution in [2.24, 2.45) is 5.92 Å². The standard InChI is InChI=1S/C17H22N2O4.C5H10O2.2C2H6/c1-18-9-8-14-15(18)13(16(20)22-2)10-19(14)17(21)23-11-12-6-4-3-5-7-12;1-5(2,3)7-4-6;2*1-2/h3-7,13-15H,8-11H2,1-2H3;4H,1-3H3;2*1-2H3. The summed E-state index contributed by atoms with van der Waals surface area (Å²) in [4.78, 5) is 37.9. The fourth-order valence-electron chi connectivity index (χ4n) is 3.84. The molecule has 3 rings (SSSR count). The van der Waals surface area contributed by atoms with Crippen LogP contribution in [0.4, 0.5) is 4.79 Å². The number of hydrogen-bond acceptors (Lipinski definition) is 7. The lowest BCUT2D eigenvalue weighted by atomic mass is 10.00. The van der Waals surface area contributed by atoms with Gasteiger partial charge in [0.1, 0.15) is 12.2 Å². The molecule has 0 N–H and O–H groups in total. The fourth-order valence-corrected chi connectivity index (χ4v) is 3.84. The number of rotatable bonds is 4. The Morgan fingerprint density at radius 2 is 1.68 bits per heavy atom. The van der Waals surface area contributed by atoms with Gasteiger partial charge < -0.3 is 24.0 Å². The average molecular weight is 481 g/mol. The van der Waals surface area contributed by atoms with Crippen LogP contribution in [0.5, 0.6) is 0 Å². The highest BCUT2D eigenvalue weighted by Gasteiger charge is 2.52. The lowest BCUT2D eigenvalue weighted by Gasteiger charge is -2.24. The zero-order valence-corrected chi connectivity index (χ0v) is 22.4. The first kappa shape index (κ1) is 31.4. The van der Waals surface area contributed by atoms with Crippen LogP contribution in [-0.2, 0) is 30.4 Å². The number of carbonyl (C=O) groups is 3. The summed E-state index contributed by atoms with van der Waals surface area (Å²) in [6, 6.07) is 9.62. The number of benzene rings is 1. The summed E-state index contributed by atoms with van der Waals surface area (Å²) in [6.07, 6.45) is 0.500. The Morgan fingerprint density at radius 3 is 2.15 bits per heavy atom. The molecular formula is C26H44N2O6. The quantitative estimate of drug-likeness (QED) is 0.356. The second-order valence-corrected chi connectivity index (χ2v) is 8.48. The second kappa shape index (κ2) is 16.1. The number of likely N-dealkylation sites (tertiary alicyclic amines) is 2. The molecule has 1 aromatic carbocycles. The highest BCUT2D eigenvalue weighted by atomic mass is 16.6. The first-order chi connectivity index (χ1) is 16.2. The van der Waals surface area contributed by atoms with E-state index in [0.717, 1.165) is 18.5 Å². The summed E-state index contributed by atoms with van der Waals surface area (Å²) < 4.78 is 14.9. The maximum absolute atomic E-state index is 12.5. The van der Waals surface area contributed by atoms with Gasteiger partial charge in [0.05, 0.1) is 19.1 Å². The molecule has 34 heavy (non-hydrogen) atoms. The number of fused-ring (bicyclic) bond motifs is 1. The monoisotopic (exact) mass is 480 g/mol.